The maximum atomic E-state index is 12.6. The standard InChI is InChI=1S/C21H20ClN3O3S2/c1-2-8-28-21(27)24-12-17(30-19(26)14-6-4-3-5-7-14)10-15(24)9-16-13-25-18(29-16)11-23-20(25)22/h2-7,11,13,15,17H,1,8-10,12H2/t15-,17+/m1/s1. The third-order valence-corrected chi connectivity index (χ3v) is 7.33. The number of aromatic nitrogens is 2. The molecule has 1 aliphatic heterocycles. The third kappa shape index (κ3) is 4.55. The van der Waals surface area contributed by atoms with Crippen LogP contribution in [0.2, 0.25) is 5.28 Å². The topological polar surface area (TPSA) is 63.9 Å². The molecule has 1 aromatic carbocycles. The van der Waals surface area contributed by atoms with E-state index in [0.29, 0.717) is 30.2 Å². The average Bonchev–Trinajstić information content (AvgIpc) is 3.43. The molecular formula is C21H20ClN3O3S2. The molecule has 2 atom stereocenters. The summed E-state index contributed by atoms with van der Waals surface area (Å²) in [6.07, 6.45) is 6.24. The van der Waals surface area contributed by atoms with Gasteiger partial charge in [-0.3, -0.25) is 9.20 Å². The Bertz CT molecular complexity index is 1070. The minimum Gasteiger partial charge on any atom is -0.445 e. The number of carbonyl (C=O) groups excluding carboxylic acids is 2. The Morgan fingerprint density at radius 2 is 2.17 bits per heavy atom. The number of ether oxygens (including phenoxy) is 1. The van der Waals surface area contributed by atoms with Gasteiger partial charge in [-0.1, -0.05) is 54.7 Å². The molecule has 2 aromatic heterocycles. The number of imidazole rings is 1. The molecule has 1 aliphatic rings. The number of thiazole rings is 1. The van der Waals surface area contributed by atoms with Crippen LogP contribution >= 0.6 is 34.7 Å². The number of rotatable bonds is 6. The normalized spacial score (nSPS) is 18.6. The van der Waals surface area contributed by atoms with E-state index in [4.69, 9.17) is 16.3 Å². The third-order valence-electron chi connectivity index (χ3n) is 4.88. The lowest BCUT2D eigenvalue weighted by atomic mass is 10.1. The van der Waals surface area contributed by atoms with E-state index in [9.17, 15) is 9.59 Å². The Hall–Kier alpha value is -2.29. The van der Waals surface area contributed by atoms with Crippen molar-refractivity contribution in [2.45, 2.75) is 24.1 Å². The summed E-state index contributed by atoms with van der Waals surface area (Å²) in [6, 6.07) is 9.15. The summed E-state index contributed by atoms with van der Waals surface area (Å²) in [5, 5.41) is 0.446. The fourth-order valence-corrected chi connectivity index (χ4v) is 5.94. The summed E-state index contributed by atoms with van der Waals surface area (Å²) >= 11 is 8.98. The number of benzene rings is 1. The van der Waals surface area contributed by atoms with Crippen molar-refractivity contribution in [1.29, 1.82) is 0 Å². The molecule has 1 saturated heterocycles. The number of thioether (sulfide) groups is 1. The molecule has 0 bridgehead atoms. The molecule has 0 saturated carbocycles. The maximum Gasteiger partial charge on any atom is 0.410 e. The molecule has 1 amide bonds. The molecule has 0 unspecified atom stereocenters. The van der Waals surface area contributed by atoms with Crippen LogP contribution in [-0.2, 0) is 11.2 Å². The summed E-state index contributed by atoms with van der Waals surface area (Å²) in [7, 11) is 0. The summed E-state index contributed by atoms with van der Waals surface area (Å²) in [4.78, 5) is 33.1. The first kappa shape index (κ1) is 21.0. The van der Waals surface area contributed by atoms with Gasteiger partial charge in [0.1, 0.15) is 11.4 Å². The van der Waals surface area contributed by atoms with E-state index in [0.717, 1.165) is 9.71 Å². The van der Waals surface area contributed by atoms with Gasteiger partial charge in [0.15, 0.2) is 0 Å². The van der Waals surface area contributed by atoms with E-state index < -0.39 is 0 Å². The largest absolute Gasteiger partial charge is 0.445 e. The first-order valence-electron chi connectivity index (χ1n) is 9.46. The van der Waals surface area contributed by atoms with E-state index in [-0.39, 0.29) is 29.1 Å². The van der Waals surface area contributed by atoms with Crippen molar-refractivity contribution in [2.24, 2.45) is 0 Å². The first-order chi connectivity index (χ1) is 14.5. The quantitative estimate of drug-likeness (QED) is 0.487. The minimum atomic E-state index is -0.377. The van der Waals surface area contributed by atoms with Crippen LogP contribution in [0.4, 0.5) is 4.79 Å². The molecule has 0 aliphatic carbocycles. The summed E-state index contributed by atoms with van der Waals surface area (Å²) in [5.74, 6) is 0. The molecule has 4 rings (SSSR count). The number of nitrogens with zero attached hydrogens (tertiary/aromatic N) is 3. The zero-order valence-electron chi connectivity index (χ0n) is 16.1. The van der Waals surface area contributed by atoms with E-state index in [1.54, 1.807) is 28.5 Å². The first-order valence-corrected chi connectivity index (χ1v) is 11.5. The van der Waals surface area contributed by atoms with Crippen LogP contribution in [0.1, 0.15) is 21.7 Å². The summed E-state index contributed by atoms with van der Waals surface area (Å²) < 4.78 is 7.12. The van der Waals surface area contributed by atoms with Crippen LogP contribution in [0.3, 0.4) is 0 Å². The lowest BCUT2D eigenvalue weighted by Gasteiger charge is -2.23. The van der Waals surface area contributed by atoms with Crippen molar-refractivity contribution in [2.75, 3.05) is 13.2 Å². The van der Waals surface area contributed by atoms with Gasteiger partial charge in [-0.25, -0.2) is 9.78 Å². The number of fused-ring (bicyclic) bond motifs is 1. The van der Waals surface area contributed by atoms with Gasteiger partial charge >= 0.3 is 6.09 Å². The Morgan fingerprint density at radius 1 is 1.37 bits per heavy atom. The van der Waals surface area contributed by atoms with Gasteiger partial charge in [0.25, 0.3) is 0 Å². The van der Waals surface area contributed by atoms with Crippen LogP contribution in [-0.4, -0.2) is 49.9 Å². The van der Waals surface area contributed by atoms with E-state index in [1.165, 1.54) is 11.8 Å². The molecule has 6 nitrogen and oxygen atoms in total. The maximum absolute atomic E-state index is 12.6. The highest BCUT2D eigenvalue weighted by molar-refractivity contribution is 8.14. The smallest absolute Gasteiger partial charge is 0.410 e. The van der Waals surface area contributed by atoms with Gasteiger partial charge in [-0.05, 0) is 18.0 Å². The second-order valence-corrected chi connectivity index (χ2v) is 9.70. The minimum absolute atomic E-state index is 0.00941. The molecule has 9 heteroatoms. The Morgan fingerprint density at radius 3 is 2.90 bits per heavy atom. The average molecular weight is 462 g/mol. The van der Waals surface area contributed by atoms with E-state index in [1.807, 2.05) is 40.9 Å². The summed E-state index contributed by atoms with van der Waals surface area (Å²) in [5.41, 5.74) is 0.669. The molecule has 3 aromatic rings. The van der Waals surface area contributed by atoms with Gasteiger partial charge in [0.05, 0.1) is 6.20 Å². The fraction of sp³-hybridized carbons (Fsp3) is 0.286. The van der Waals surface area contributed by atoms with Crippen LogP contribution in [0, 0.1) is 0 Å². The number of amides is 1. The molecule has 0 radical (unpaired) electrons. The predicted molar refractivity (Wildman–Crippen MR) is 121 cm³/mol. The van der Waals surface area contributed by atoms with E-state index >= 15 is 0 Å². The Balaban J connectivity index is 1.49. The molecule has 0 N–H and O–H groups in total. The van der Waals surface area contributed by atoms with Crippen molar-refractivity contribution in [1.82, 2.24) is 14.3 Å². The molecule has 1 fully saturated rings. The lowest BCUT2D eigenvalue weighted by molar-refractivity contribution is 0.107. The zero-order valence-corrected chi connectivity index (χ0v) is 18.5. The van der Waals surface area contributed by atoms with E-state index in [2.05, 4.69) is 11.6 Å². The number of hydrogen-bond acceptors (Lipinski definition) is 6. The molecule has 3 heterocycles. The lowest BCUT2D eigenvalue weighted by Crippen LogP contribution is -2.37. The fourth-order valence-electron chi connectivity index (χ4n) is 3.53. The van der Waals surface area contributed by atoms with Gasteiger partial charge in [-0.15, -0.1) is 11.3 Å². The van der Waals surface area contributed by atoms with Crippen LogP contribution in [0.15, 0.2) is 55.4 Å². The van der Waals surface area contributed by atoms with Gasteiger partial charge < -0.3 is 9.64 Å². The van der Waals surface area contributed by atoms with Gasteiger partial charge in [0, 0.05) is 40.9 Å². The second kappa shape index (κ2) is 9.24. The van der Waals surface area contributed by atoms with Gasteiger partial charge in [-0.2, -0.15) is 0 Å². The van der Waals surface area contributed by atoms with Crippen molar-refractivity contribution < 1.29 is 14.3 Å². The molecule has 30 heavy (non-hydrogen) atoms. The second-order valence-electron chi connectivity index (χ2n) is 6.94. The van der Waals surface area contributed by atoms with Crippen molar-refractivity contribution in [3.8, 4) is 0 Å². The Labute approximate surface area is 187 Å². The highest BCUT2D eigenvalue weighted by atomic mass is 35.5. The SMILES string of the molecule is C=CCOC(=O)N1C[C@@H](SC(=O)c2ccccc2)C[C@H]1Cc1cn2c(Cl)ncc2s1. The Kier molecular flexibility index (Phi) is 6.46. The highest BCUT2D eigenvalue weighted by Crippen LogP contribution is 2.33. The summed E-state index contributed by atoms with van der Waals surface area (Å²) in [6.45, 7) is 4.22. The van der Waals surface area contributed by atoms with Gasteiger partial charge in [0.2, 0.25) is 10.4 Å². The predicted octanol–water partition coefficient (Wildman–Crippen LogP) is 4.93. The number of halogens is 1. The highest BCUT2D eigenvalue weighted by Gasteiger charge is 2.38. The van der Waals surface area contributed by atoms with Crippen molar-refractivity contribution >= 4 is 50.7 Å². The molecular weight excluding hydrogens is 442 g/mol. The van der Waals surface area contributed by atoms with Crippen LogP contribution < -0.4 is 0 Å². The zero-order chi connectivity index (χ0) is 21.1. The monoisotopic (exact) mass is 461 g/mol. The molecule has 156 valence electrons. The molecule has 0 spiro atoms. The van der Waals surface area contributed by atoms with Crippen LogP contribution in [0.5, 0.6) is 0 Å². The number of likely N-dealkylation sites (tertiary alicyclic amines) is 1. The number of hydrogen-bond donors (Lipinski definition) is 0. The van der Waals surface area contributed by atoms with Crippen molar-refractivity contribution in [3.63, 3.8) is 0 Å². The van der Waals surface area contributed by atoms with Crippen molar-refractivity contribution in [3.05, 3.63) is 71.1 Å². The van der Waals surface area contributed by atoms with Crippen LogP contribution in [0.25, 0.3) is 4.83 Å². The number of carbonyl (C=O) groups is 2.